The first-order valence-corrected chi connectivity index (χ1v) is 9.74. The summed E-state index contributed by atoms with van der Waals surface area (Å²) >= 11 is 0. The molecule has 0 bridgehead atoms. The molecule has 0 saturated heterocycles. The van der Waals surface area contributed by atoms with Crippen LogP contribution in [0.3, 0.4) is 0 Å². The molecule has 1 aromatic heterocycles. The zero-order chi connectivity index (χ0) is 20.9. The van der Waals surface area contributed by atoms with Crippen LogP contribution in [0.1, 0.15) is 10.4 Å². The standard InChI is InChI=1S/C19H16N4O5S/c1-28-17-10-7-14(12-16(17)19(24)25)22-21-13-5-8-15(9-6-13)29(26,27)23-18-4-2-3-11-20-18/h2-12H,1H3,(H,20,23)(H,24,25). The molecule has 0 amide bonds. The molecule has 29 heavy (non-hydrogen) atoms. The predicted molar refractivity (Wildman–Crippen MR) is 106 cm³/mol. The zero-order valence-electron chi connectivity index (χ0n) is 15.2. The molecule has 0 aliphatic carbocycles. The monoisotopic (exact) mass is 412 g/mol. The number of hydrogen-bond acceptors (Lipinski definition) is 7. The molecular weight excluding hydrogens is 396 g/mol. The lowest BCUT2D eigenvalue weighted by Gasteiger charge is -2.07. The number of carboxylic acid groups (broad SMARTS) is 1. The summed E-state index contributed by atoms with van der Waals surface area (Å²) in [6.07, 6.45) is 1.48. The number of carbonyl (C=O) groups is 1. The molecule has 3 aromatic rings. The van der Waals surface area contributed by atoms with Gasteiger partial charge in [-0.3, -0.25) is 4.72 Å². The predicted octanol–water partition coefficient (Wildman–Crippen LogP) is 4.00. The van der Waals surface area contributed by atoms with Crippen molar-refractivity contribution in [3.8, 4) is 5.75 Å². The Bertz CT molecular complexity index is 1150. The Morgan fingerprint density at radius 1 is 1.03 bits per heavy atom. The van der Waals surface area contributed by atoms with Crippen molar-refractivity contribution >= 4 is 33.2 Å². The summed E-state index contributed by atoms with van der Waals surface area (Å²) in [5.74, 6) is -0.717. The van der Waals surface area contributed by atoms with Crippen molar-refractivity contribution in [3.05, 3.63) is 72.4 Å². The van der Waals surface area contributed by atoms with Gasteiger partial charge in [-0.25, -0.2) is 18.2 Å². The van der Waals surface area contributed by atoms with Crippen molar-refractivity contribution in [1.29, 1.82) is 0 Å². The van der Waals surface area contributed by atoms with Crippen molar-refractivity contribution < 1.29 is 23.1 Å². The number of aromatic nitrogens is 1. The van der Waals surface area contributed by atoms with Crippen LogP contribution in [0.4, 0.5) is 17.2 Å². The summed E-state index contributed by atoms with van der Waals surface area (Å²) in [6.45, 7) is 0. The number of methoxy groups -OCH3 is 1. The van der Waals surface area contributed by atoms with Crippen molar-refractivity contribution in [2.24, 2.45) is 10.2 Å². The maximum Gasteiger partial charge on any atom is 0.339 e. The number of carboxylic acids is 1. The first kappa shape index (κ1) is 20.0. The molecule has 0 unspecified atom stereocenters. The molecule has 10 heteroatoms. The van der Waals surface area contributed by atoms with Gasteiger partial charge in [-0.2, -0.15) is 10.2 Å². The molecule has 0 saturated carbocycles. The smallest absolute Gasteiger partial charge is 0.339 e. The third-order valence-electron chi connectivity index (χ3n) is 3.75. The van der Waals surface area contributed by atoms with Crippen LogP contribution >= 0.6 is 0 Å². The fraction of sp³-hybridized carbons (Fsp3) is 0.0526. The van der Waals surface area contributed by atoms with Crippen LogP contribution in [0.2, 0.25) is 0 Å². The van der Waals surface area contributed by atoms with Gasteiger partial charge in [0.2, 0.25) is 0 Å². The van der Waals surface area contributed by atoms with Crippen LogP contribution in [0.25, 0.3) is 0 Å². The number of aromatic carboxylic acids is 1. The number of rotatable bonds is 7. The average Bonchev–Trinajstić information content (AvgIpc) is 2.72. The topological polar surface area (TPSA) is 130 Å². The van der Waals surface area contributed by atoms with E-state index in [2.05, 4.69) is 19.9 Å². The van der Waals surface area contributed by atoms with Crippen LogP contribution in [-0.2, 0) is 10.0 Å². The van der Waals surface area contributed by atoms with Crippen LogP contribution in [-0.4, -0.2) is 31.6 Å². The quantitative estimate of drug-likeness (QED) is 0.564. The minimum atomic E-state index is -3.78. The molecular formula is C19H16N4O5S. The Labute approximate surface area is 166 Å². The van der Waals surface area contributed by atoms with Gasteiger partial charge in [0.05, 0.1) is 23.4 Å². The first-order chi connectivity index (χ1) is 13.9. The zero-order valence-corrected chi connectivity index (χ0v) is 16.0. The summed E-state index contributed by atoms with van der Waals surface area (Å²) in [6, 6.07) is 15.0. The molecule has 2 N–H and O–H groups in total. The van der Waals surface area contributed by atoms with E-state index in [9.17, 15) is 18.3 Å². The Hall–Kier alpha value is -3.79. The number of azo groups is 1. The van der Waals surface area contributed by atoms with Gasteiger partial charge >= 0.3 is 5.97 Å². The number of nitrogens with one attached hydrogen (secondary N) is 1. The highest BCUT2D eigenvalue weighted by molar-refractivity contribution is 7.92. The van der Waals surface area contributed by atoms with Gasteiger partial charge in [-0.1, -0.05) is 6.07 Å². The molecule has 0 spiro atoms. The minimum Gasteiger partial charge on any atom is -0.496 e. The third-order valence-corrected chi connectivity index (χ3v) is 5.12. The van der Waals surface area contributed by atoms with E-state index < -0.39 is 16.0 Å². The number of nitrogens with zero attached hydrogens (tertiary/aromatic N) is 3. The van der Waals surface area contributed by atoms with E-state index in [-0.39, 0.29) is 22.0 Å². The molecule has 148 valence electrons. The van der Waals surface area contributed by atoms with Gasteiger partial charge < -0.3 is 9.84 Å². The number of sulfonamides is 1. The van der Waals surface area contributed by atoms with Gasteiger partial charge in [0.1, 0.15) is 17.1 Å². The van der Waals surface area contributed by atoms with E-state index in [4.69, 9.17) is 4.74 Å². The normalized spacial score (nSPS) is 11.3. The second-order valence-corrected chi connectivity index (χ2v) is 7.39. The van der Waals surface area contributed by atoms with Crippen LogP contribution < -0.4 is 9.46 Å². The summed E-state index contributed by atoms with van der Waals surface area (Å²) in [4.78, 5) is 15.2. The Kier molecular flexibility index (Phi) is 5.84. The highest BCUT2D eigenvalue weighted by atomic mass is 32.2. The van der Waals surface area contributed by atoms with Gasteiger partial charge in [0, 0.05) is 6.20 Å². The second-order valence-electron chi connectivity index (χ2n) is 5.70. The van der Waals surface area contributed by atoms with E-state index in [1.807, 2.05) is 0 Å². The summed E-state index contributed by atoms with van der Waals surface area (Å²) in [5.41, 5.74) is 0.678. The van der Waals surface area contributed by atoms with Crippen molar-refractivity contribution in [3.63, 3.8) is 0 Å². The lowest BCUT2D eigenvalue weighted by molar-refractivity contribution is 0.0693. The highest BCUT2D eigenvalue weighted by Gasteiger charge is 2.14. The molecule has 0 atom stereocenters. The Balaban J connectivity index is 1.77. The lowest BCUT2D eigenvalue weighted by Crippen LogP contribution is -2.13. The third kappa shape index (κ3) is 4.93. The maximum atomic E-state index is 12.4. The molecule has 1 heterocycles. The SMILES string of the molecule is COc1ccc(N=Nc2ccc(S(=O)(=O)Nc3ccccn3)cc2)cc1C(=O)O. The largest absolute Gasteiger partial charge is 0.496 e. The second kappa shape index (κ2) is 8.48. The van der Waals surface area contributed by atoms with E-state index in [1.165, 1.54) is 49.7 Å². The number of hydrogen-bond donors (Lipinski definition) is 2. The summed E-state index contributed by atoms with van der Waals surface area (Å²) in [5, 5.41) is 17.2. The van der Waals surface area contributed by atoms with Crippen LogP contribution in [0.15, 0.2) is 82.0 Å². The number of benzene rings is 2. The van der Waals surface area contributed by atoms with Gasteiger partial charge in [0.15, 0.2) is 0 Å². The van der Waals surface area contributed by atoms with Gasteiger partial charge in [-0.05, 0) is 54.6 Å². The molecule has 0 aliphatic rings. The van der Waals surface area contributed by atoms with Crippen molar-refractivity contribution in [2.75, 3.05) is 11.8 Å². The molecule has 9 nitrogen and oxygen atoms in total. The molecule has 2 aromatic carbocycles. The minimum absolute atomic E-state index is 0.0361. The van der Waals surface area contributed by atoms with E-state index >= 15 is 0 Å². The Morgan fingerprint density at radius 3 is 2.34 bits per heavy atom. The van der Waals surface area contributed by atoms with E-state index in [1.54, 1.807) is 24.3 Å². The lowest BCUT2D eigenvalue weighted by atomic mass is 10.2. The molecule has 3 rings (SSSR count). The molecule has 0 aliphatic heterocycles. The Morgan fingerprint density at radius 2 is 1.72 bits per heavy atom. The number of pyridine rings is 1. The highest BCUT2D eigenvalue weighted by Crippen LogP contribution is 2.26. The van der Waals surface area contributed by atoms with Crippen molar-refractivity contribution in [2.45, 2.75) is 4.90 Å². The maximum absolute atomic E-state index is 12.4. The molecule has 0 radical (unpaired) electrons. The number of anilines is 1. The first-order valence-electron chi connectivity index (χ1n) is 8.26. The fourth-order valence-electron chi connectivity index (χ4n) is 2.35. The summed E-state index contributed by atoms with van der Waals surface area (Å²) < 4.78 is 32.1. The van der Waals surface area contributed by atoms with Crippen LogP contribution in [0, 0.1) is 0 Å². The number of ether oxygens (including phenoxy) is 1. The summed E-state index contributed by atoms with van der Waals surface area (Å²) in [7, 11) is -2.41. The van der Waals surface area contributed by atoms with Crippen molar-refractivity contribution in [1.82, 2.24) is 4.98 Å². The van der Waals surface area contributed by atoms with E-state index in [0.29, 0.717) is 11.4 Å². The molecule has 0 fully saturated rings. The van der Waals surface area contributed by atoms with E-state index in [0.717, 1.165) is 0 Å². The van der Waals surface area contributed by atoms with Crippen LogP contribution in [0.5, 0.6) is 5.75 Å². The van der Waals surface area contributed by atoms with Gasteiger partial charge in [0.25, 0.3) is 10.0 Å². The fourth-order valence-corrected chi connectivity index (χ4v) is 3.36. The average molecular weight is 412 g/mol. The van der Waals surface area contributed by atoms with Gasteiger partial charge in [-0.15, -0.1) is 0 Å².